The second-order valence-corrected chi connectivity index (χ2v) is 4.46. The fourth-order valence-electron chi connectivity index (χ4n) is 1.55. The molecule has 2 rings (SSSR count). The van der Waals surface area contributed by atoms with Crippen molar-refractivity contribution in [1.82, 2.24) is 0 Å². The van der Waals surface area contributed by atoms with Gasteiger partial charge in [-0.1, -0.05) is 11.6 Å². The number of non-ortho nitro benzene ring substituents is 1. The lowest BCUT2D eigenvalue weighted by atomic mass is 10.2. The number of aliphatic hydroxyl groups excluding tert-OH is 1. The summed E-state index contributed by atoms with van der Waals surface area (Å²) in [6, 6.07) is 5.07. The smallest absolute Gasteiger partial charge is 0.270 e. The van der Waals surface area contributed by atoms with Gasteiger partial charge in [-0.2, -0.15) is 0 Å². The molecule has 110 valence electrons. The Balaban J connectivity index is 2.13. The predicted molar refractivity (Wildman–Crippen MR) is 73.3 cm³/mol. The van der Waals surface area contributed by atoms with E-state index >= 15 is 0 Å². The van der Waals surface area contributed by atoms with E-state index in [2.05, 4.69) is 0 Å². The average Bonchev–Trinajstić information content (AvgIpc) is 2.46. The maximum absolute atomic E-state index is 11.6. The zero-order valence-electron chi connectivity index (χ0n) is 10.6. The van der Waals surface area contributed by atoms with E-state index < -0.39 is 10.4 Å². The van der Waals surface area contributed by atoms with Gasteiger partial charge in [0.1, 0.15) is 25.2 Å². The van der Waals surface area contributed by atoms with Crippen LogP contribution in [0.25, 0.3) is 0 Å². The van der Waals surface area contributed by atoms with Crippen LogP contribution in [0.3, 0.4) is 0 Å². The number of nitro benzene ring substituents is 1. The predicted octanol–water partition coefficient (Wildman–Crippen LogP) is 2.27. The van der Waals surface area contributed by atoms with E-state index in [4.69, 9.17) is 25.9 Å². The van der Waals surface area contributed by atoms with E-state index in [1.54, 1.807) is 0 Å². The molecule has 0 atom stereocenters. The van der Waals surface area contributed by atoms with Gasteiger partial charge in [0.15, 0.2) is 0 Å². The topological polar surface area (TPSA) is 103 Å². The molecule has 0 spiro atoms. The number of ether oxygens (including phenoxy) is 1. The molecule has 7 nitrogen and oxygen atoms in total. The van der Waals surface area contributed by atoms with E-state index in [0.29, 0.717) is 5.56 Å². The summed E-state index contributed by atoms with van der Waals surface area (Å²) in [5.74, 6) is 0.0855. The Hall–Kier alpha value is -2.38. The van der Waals surface area contributed by atoms with Crippen LogP contribution >= 0.6 is 11.6 Å². The van der Waals surface area contributed by atoms with Crippen LogP contribution in [0.1, 0.15) is 11.3 Å². The third-order valence-electron chi connectivity index (χ3n) is 2.64. The molecule has 0 fully saturated rings. The van der Waals surface area contributed by atoms with Crippen LogP contribution < -0.4 is 10.2 Å². The summed E-state index contributed by atoms with van der Waals surface area (Å²) in [6.07, 6.45) is 1.09. The van der Waals surface area contributed by atoms with E-state index in [-0.39, 0.29) is 35.4 Å². The molecular weight excluding hydrogens is 302 g/mol. The standard InChI is InChI=1S/C13H10ClNO6/c14-11-3-9(15(18)19)2-1-8(11)6-21-13-7-20-10(5-16)4-12(13)17/h1-4,7,16H,5-6H2. The molecule has 2 aromatic rings. The lowest BCUT2D eigenvalue weighted by Gasteiger charge is -2.07. The highest BCUT2D eigenvalue weighted by Gasteiger charge is 2.11. The van der Waals surface area contributed by atoms with Crippen LogP contribution in [0.5, 0.6) is 5.75 Å². The Morgan fingerprint density at radius 2 is 2.14 bits per heavy atom. The maximum Gasteiger partial charge on any atom is 0.270 e. The van der Waals surface area contributed by atoms with Gasteiger partial charge in [0.2, 0.25) is 11.2 Å². The molecule has 0 aliphatic rings. The van der Waals surface area contributed by atoms with Crippen molar-refractivity contribution in [3.05, 3.63) is 67.2 Å². The van der Waals surface area contributed by atoms with Gasteiger partial charge < -0.3 is 14.3 Å². The van der Waals surface area contributed by atoms with Crippen molar-refractivity contribution < 1.29 is 19.2 Å². The minimum Gasteiger partial charge on any atom is -0.482 e. The minimum atomic E-state index is -0.557. The Labute approximate surface area is 123 Å². The number of aliphatic hydroxyl groups is 1. The highest BCUT2D eigenvalue weighted by atomic mass is 35.5. The number of benzene rings is 1. The zero-order valence-corrected chi connectivity index (χ0v) is 11.4. The molecule has 0 saturated heterocycles. The molecule has 0 aliphatic heterocycles. The molecular formula is C13H10ClNO6. The van der Waals surface area contributed by atoms with Crippen molar-refractivity contribution in [3.63, 3.8) is 0 Å². The number of nitro groups is 1. The van der Waals surface area contributed by atoms with Crippen LogP contribution in [-0.4, -0.2) is 10.0 Å². The highest BCUT2D eigenvalue weighted by molar-refractivity contribution is 6.31. The number of nitrogens with zero attached hydrogens (tertiary/aromatic N) is 1. The molecule has 0 aliphatic carbocycles. The summed E-state index contributed by atoms with van der Waals surface area (Å²) in [5, 5.41) is 19.6. The lowest BCUT2D eigenvalue weighted by Crippen LogP contribution is -2.08. The molecule has 0 amide bonds. The first-order chi connectivity index (χ1) is 10.0. The summed E-state index contributed by atoms with van der Waals surface area (Å²) >= 11 is 5.91. The number of hydrogen-bond acceptors (Lipinski definition) is 6. The van der Waals surface area contributed by atoms with Crippen molar-refractivity contribution in [2.24, 2.45) is 0 Å². The molecule has 1 heterocycles. The fraction of sp³-hybridized carbons (Fsp3) is 0.154. The second-order valence-electron chi connectivity index (χ2n) is 4.05. The zero-order chi connectivity index (χ0) is 15.4. The lowest BCUT2D eigenvalue weighted by molar-refractivity contribution is -0.384. The highest BCUT2D eigenvalue weighted by Crippen LogP contribution is 2.23. The first-order valence-electron chi connectivity index (χ1n) is 5.79. The van der Waals surface area contributed by atoms with Gasteiger partial charge in [-0.3, -0.25) is 14.9 Å². The van der Waals surface area contributed by atoms with Crippen LogP contribution in [0, 0.1) is 10.1 Å². The second kappa shape index (κ2) is 6.38. The van der Waals surface area contributed by atoms with E-state index in [0.717, 1.165) is 12.3 Å². The van der Waals surface area contributed by atoms with Crippen LogP contribution in [-0.2, 0) is 13.2 Å². The molecule has 1 N–H and O–H groups in total. The van der Waals surface area contributed by atoms with E-state index in [1.807, 2.05) is 0 Å². The van der Waals surface area contributed by atoms with Gasteiger partial charge in [-0.15, -0.1) is 0 Å². The summed E-state index contributed by atoms with van der Waals surface area (Å²) < 4.78 is 10.2. The number of halogens is 1. The first kappa shape index (κ1) is 15.0. The van der Waals surface area contributed by atoms with Gasteiger partial charge in [-0.25, -0.2) is 0 Å². The van der Waals surface area contributed by atoms with E-state index in [9.17, 15) is 14.9 Å². The van der Waals surface area contributed by atoms with Gasteiger partial charge in [0.25, 0.3) is 5.69 Å². The van der Waals surface area contributed by atoms with Crippen molar-refractivity contribution >= 4 is 17.3 Å². The summed E-state index contributed by atoms with van der Waals surface area (Å²) in [6.45, 7) is -0.427. The van der Waals surface area contributed by atoms with Crippen LogP contribution in [0.4, 0.5) is 5.69 Å². The molecule has 8 heteroatoms. The molecule has 0 saturated carbocycles. The quantitative estimate of drug-likeness (QED) is 0.671. The Morgan fingerprint density at radius 3 is 2.71 bits per heavy atom. The molecule has 21 heavy (non-hydrogen) atoms. The third kappa shape index (κ3) is 3.59. The molecule has 0 radical (unpaired) electrons. The SMILES string of the molecule is O=c1cc(CO)occ1OCc1ccc([N+](=O)[O-])cc1Cl. The normalized spacial score (nSPS) is 10.4. The van der Waals surface area contributed by atoms with Gasteiger partial charge >= 0.3 is 0 Å². The van der Waals surface area contributed by atoms with Crippen LogP contribution in [0.2, 0.25) is 5.02 Å². The number of hydrogen-bond donors (Lipinski definition) is 1. The largest absolute Gasteiger partial charge is 0.482 e. The van der Waals surface area contributed by atoms with Crippen molar-refractivity contribution in [3.8, 4) is 5.75 Å². The Morgan fingerprint density at radius 1 is 1.38 bits per heavy atom. The molecule has 1 aromatic carbocycles. The molecule has 1 aromatic heterocycles. The fourth-order valence-corrected chi connectivity index (χ4v) is 1.78. The van der Waals surface area contributed by atoms with Crippen molar-refractivity contribution in [2.45, 2.75) is 13.2 Å². The maximum atomic E-state index is 11.6. The number of rotatable bonds is 5. The minimum absolute atomic E-state index is 0.0402. The summed E-state index contributed by atoms with van der Waals surface area (Å²) in [4.78, 5) is 21.7. The van der Waals surface area contributed by atoms with Crippen molar-refractivity contribution in [1.29, 1.82) is 0 Å². The Bertz CT molecular complexity index is 727. The van der Waals surface area contributed by atoms with Gasteiger partial charge in [0.05, 0.1) is 9.95 Å². The van der Waals surface area contributed by atoms with Crippen LogP contribution in [0.15, 0.2) is 39.7 Å². The summed E-state index contributed by atoms with van der Waals surface area (Å²) in [5.41, 5.74) is -0.0770. The molecule has 0 unspecified atom stereocenters. The average molecular weight is 312 g/mol. The molecule has 0 bridgehead atoms. The Kier molecular flexibility index (Phi) is 4.56. The van der Waals surface area contributed by atoms with Crippen molar-refractivity contribution in [2.75, 3.05) is 0 Å². The monoisotopic (exact) mass is 311 g/mol. The third-order valence-corrected chi connectivity index (χ3v) is 2.99. The first-order valence-corrected chi connectivity index (χ1v) is 6.17. The van der Waals surface area contributed by atoms with E-state index in [1.165, 1.54) is 18.2 Å². The van der Waals surface area contributed by atoms with Gasteiger partial charge in [-0.05, 0) is 6.07 Å². The summed E-state index contributed by atoms with van der Waals surface area (Å²) in [7, 11) is 0. The van der Waals surface area contributed by atoms with Gasteiger partial charge in [0, 0.05) is 23.8 Å².